The Morgan fingerprint density at radius 1 is 0.636 bits per heavy atom. The van der Waals surface area contributed by atoms with E-state index in [-0.39, 0.29) is 12.2 Å². The fourth-order valence-corrected chi connectivity index (χ4v) is 13.2. The van der Waals surface area contributed by atoms with E-state index in [4.69, 9.17) is 27.2 Å². The van der Waals surface area contributed by atoms with Crippen LogP contribution in [0.25, 0.3) is 0 Å². The van der Waals surface area contributed by atoms with Crippen LogP contribution in [0.4, 0.5) is 0 Å². The van der Waals surface area contributed by atoms with E-state index in [0.717, 1.165) is 52.2 Å². The maximum atomic E-state index is 6.69. The van der Waals surface area contributed by atoms with Crippen LogP contribution in [0.5, 0.6) is 0 Å². The van der Waals surface area contributed by atoms with Gasteiger partial charge in [-0.2, -0.15) is 0 Å². The van der Waals surface area contributed by atoms with Crippen molar-refractivity contribution in [2.75, 3.05) is 79.9 Å². The molecule has 0 bridgehead atoms. The van der Waals surface area contributed by atoms with Crippen molar-refractivity contribution in [3.8, 4) is 0 Å². The highest BCUT2D eigenvalue weighted by atomic mass is 28.4. The fourth-order valence-electron chi connectivity index (χ4n) is 6.39. The Kier molecular flexibility index (Phi) is 18.6. The molecule has 0 saturated carbocycles. The van der Waals surface area contributed by atoms with Crippen molar-refractivity contribution in [2.24, 2.45) is 0 Å². The topological polar surface area (TPSA) is 61.9 Å². The molecule has 0 aromatic carbocycles. The van der Waals surface area contributed by atoms with Crippen LogP contribution in [0.15, 0.2) is 0 Å². The Labute approximate surface area is 276 Å². The summed E-state index contributed by atoms with van der Waals surface area (Å²) < 4.78 is 37.3. The summed E-state index contributed by atoms with van der Waals surface area (Å²) in [4.78, 5) is 5.22. The molecule has 0 aromatic heterocycles. The minimum atomic E-state index is -1.63. The predicted molar refractivity (Wildman–Crippen MR) is 195 cm³/mol. The maximum absolute atomic E-state index is 6.69. The molecule has 2 heterocycles. The smallest absolute Gasteiger partial charge is 0.187 e. The van der Waals surface area contributed by atoms with Crippen molar-refractivity contribution in [1.82, 2.24) is 9.80 Å². The first kappa shape index (κ1) is 40.7. The highest BCUT2D eigenvalue weighted by Crippen LogP contribution is 2.23. The van der Waals surface area contributed by atoms with Gasteiger partial charge < -0.3 is 37.0 Å². The van der Waals surface area contributed by atoms with Crippen molar-refractivity contribution in [3.63, 3.8) is 0 Å². The van der Waals surface area contributed by atoms with Gasteiger partial charge in [0.2, 0.25) is 0 Å². The first-order chi connectivity index (χ1) is 20.6. The molecule has 12 heteroatoms. The number of nitrogens with zero attached hydrogens (tertiary/aromatic N) is 2. The summed E-state index contributed by atoms with van der Waals surface area (Å²) >= 11 is 0. The molecule has 2 unspecified atom stereocenters. The lowest BCUT2D eigenvalue weighted by Gasteiger charge is -2.37. The van der Waals surface area contributed by atoms with Crippen LogP contribution in [0.1, 0.15) is 38.5 Å². The molecule has 2 rings (SSSR count). The molecule has 0 amide bonds. The summed E-state index contributed by atoms with van der Waals surface area (Å²) in [5.41, 5.74) is 0. The third kappa shape index (κ3) is 18.2. The molecule has 44 heavy (non-hydrogen) atoms. The molecule has 2 atom stereocenters. The van der Waals surface area contributed by atoms with Gasteiger partial charge in [0.15, 0.2) is 33.3 Å². The molecule has 0 N–H and O–H groups in total. The van der Waals surface area contributed by atoms with Crippen molar-refractivity contribution in [3.05, 3.63) is 0 Å². The van der Waals surface area contributed by atoms with Gasteiger partial charge in [-0.25, -0.2) is 0 Å². The van der Waals surface area contributed by atoms with Gasteiger partial charge in [-0.1, -0.05) is 0 Å². The standard InChI is InChI=1S/C32H72N2O6Si4/c1-35-41(3,4)23-13-17-33-19-15-25-43(7,8)39-31(27-33)29-37-21-11-12-22-38-30-32-28-34(18-14-24-42(5,6)36-2)20-16-26-44(9,10)40-32/h31-32H,11-30H2,1-10H3. The molecule has 262 valence electrons. The van der Waals surface area contributed by atoms with Crippen LogP contribution in [-0.2, 0) is 27.2 Å². The highest BCUT2D eigenvalue weighted by molar-refractivity contribution is 6.72. The first-order valence-corrected chi connectivity index (χ1v) is 30.2. The van der Waals surface area contributed by atoms with Gasteiger partial charge in [0, 0.05) is 40.5 Å². The highest BCUT2D eigenvalue weighted by Gasteiger charge is 2.32. The molecule has 2 saturated heterocycles. The van der Waals surface area contributed by atoms with E-state index < -0.39 is 33.3 Å². The molecule has 0 spiro atoms. The zero-order valence-corrected chi connectivity index (χ0v) is 34.6. The average molecular weight is 693 g/mol. The Hall–Kier alpha value is 0.548. The van der Waals surface area contributed by atoms with Crippen LogP contribution >= 0.6 is 0 Å². The largest absolute Gasteiger partial charge is 0.420 e. The Balaban J connectivity index is 1.69. The fraction of sp³-hybridized carbons (Fsp3) is 1.00. The number of rotatable bonds is 19. The van der Waals surface area contributed by atoms with Gasteiger partial charge in [-0.15, -0.1) is 0 Å². The molecule has 2 aliphatic rings. The van der Waals surface area contributed by atoms with Gasteiger partial charge in [0.25, 0.3) is 0 Å². The Bertz CT molecular complexity index is 715. The first-order valence-electron chi connectivity index (χ1n) is 17.7. The van der Waals surface area contributed by atoms with Crippen LogP contribution in [-0.4, -0.2) is 135 Å². The number of hydrogen-bond acceptors (Lipinski definition) is 8. The lowest BCUT2D eigenvalue weighted by Crippen LogP contribution is -2.47. The summed E-state index contributed by atoms with van der Waals surface area (Å²) in [5.74, 6) is 0. The van der Waals surface area contributed by atoms with Crippen LogP contribution in [0, 0.1) is 0 Å². The van der Waals surface area contributed by atoms with Crippen LogP contribution < -0.4 is 0 Å². The van der Waals surface area contributed by atoms with E-state index in [1.54, 1.807) is 0 Å². The monoisotopic (exact) mass is 692 g/mol. The Morgan fingerprint density at radius 2 is 1.02 bits per heavy atom. The number of ether oxygens (including phenoxy) is 2. The molecule has 8 nitrogen and oxygen atoms in total. The van der Waals surface area contributed by atoms with Crippen LogP contribution in [0.3, 0.4) is 0 Å². The van der Waals surface area contributed by atoms with Gasteiger partial charge in [-0.05, 0) is 141 Å². The van der Waals surface area contributed by atoms with E-state index in [9.17, 15) is 0 Å². The second-order valence-electron chi connectivity index (χ2n) is 15.8. The molecule has 2 aliphatic heterocycles. The van der Waals surface area contributed by atoms with Crippen LogP contribution in [0.2, 0.25) is 76.6 Å². The van der Waals surface area contributed by atoms with E-state index in [1.807, 2.05) is 14.2 Å². The lowest BCUT2D eigenvalue weighted by atomic mass is 10.3. The van der Waals surface area contributed by atoms with Crippen molar-refractivity contribution in [2.45, 2.75) is 127 Å². The van der Waals surface area contributed by atoms with E-state index in [1.165, 1.54) is 62.9 Å². The second kappa shape index (κ2) is 20.2. The van der Waals surface area contributed by atoms with Crippen molar-refractivity contribution >= 4 is 33.3 Å². The SMILES string of the molecule is CO[Si](C)(C)CCCN1CCC[Si](C)(C)OC(COCCCCOCC2CN(CCC[Si](C)(C)OC)CCC[Si](C)(C)O2)C1. The minimum Gasteiger partial charge on any atom is -0.420 e. The molecule has 2 fully saturated rings. The van der Waals surface area contributed by atoms with E-state index in [2.05, 4.69) is 62.2 Å². The van der Waals surface area contributed by atoms with Gasteiger partial charge in [0.1, 0.15) is 0 Å². The Morgan fingerprint density at radius 3 is 1.39 bits per heavy atom. The van der Waals surface area contributed by atoms with E-state index >= 15 is 0 Å². The van der Waals surface area contributed by atoms with Crippen molar-refractivity contribution < 1.29 is 27.2 Å². The van der Waals surface area contributed by atoms with Crippen molar-refractivity contribution in [1.29, 1.82) is 0 Å². The van der Waals surface area contributed by atoms with E-state index in [0.29, 0.717) is 13.2 Å². The summed E-state index contributed by atoms with van der Waals surface area (Å²) in [6, 6.07) is 4.88. The zero-order valence-electron chi connectivity index (χ0n) is 30.6. The third-order valence-corrected chi connectivity index (χ3v) is 19.8. The summed E-state index contributed by atoms with van der Waals surface area (Å²) in [6.45, 7) is 28.3. The summed E-state index contributed by atoms with van der Waals surface area (Å²) in [5, 5.41) is 0. The summed E-state index contributed by atoms with van der Waals surface area (Å²) in [6.07, 6.45) is 7.30. The quantitative estimate of drug-likeness (QED) is 0.107. The molecular weight excluding hydrogens is 621 g/mol. The van der Waals surface area contributed by atoms with Gasteiger partial charge in [0.05, 0.1) is 25.4 Å². The third-order valence-electron chi connectivity index (χ3n) is 9.45. The van der Waals surface area contributed by atoms with Gasteiger partial charge in [-0.3, -0.25) is 0 Å². The molecular formula is C32H72N2O6Si4. The maximum Gasteiger partial charge on any atom is 0.187 e. The number of hydrogen-bond donors (Lipinski definition) is 0. The van der Waals surface area contributed by atoms with Gasteiger partial charge >= 0.3 is 0 Å². The zero-order chi connectivity index (χ0) is 32.7. The number of unbranched alkanes of at least 4 members (excludes halogenated alkanes) is 1. The summed E-state index contributed by atoms with van der Waals surface area (Å²) in [7, 11) is -2.51. The normalized spacial score (nSPS) is 24.4. The lowest BCUT2D eigenvalue weighted by molar-refractivity contribution is 0.00895. The second-order valence-corrected chi connectivity index (χ2v) is 33.2. The molecule has 0 aromatic rings. The molecule has 0 aliphatic carbocycles. The average Bonchev–Trinajstić information content (AvgIpc) is 2.91. The minimum absolute atomic E-state index is 0.177. The molecule has 0 radical (unpaired) electrons. The predicted octanol–water partition coefficient (Wildman–Crippen LogP) is 6.88.